The molecule has 1 aromatic heterocycles. The molecule has 0 amide bonds. The maximum absolute atomic E-state index is 13.7. The van der Waals surface area contributed by atoms with Gasteiger partial charge in [0.05, 0.1) is 34.8 Å². The molecule has 1 atom stereocenters. The number of nitrogens with zero attached hydrogens (tertiary/aromatic N) is 2. The Kier molecular flexibility index (Phi) is 4.83. The zero-order valence-electron chi connectivity index (χ0n) is 15.1. The first-order chi connectivity index (χ1) is 12.7. The van der Waals surface area contributed by atoms with E-state index in [0.717, 1.165) is 6.07 Å². The molecule has 0 spiro atoms. The van der Waals surface area contributed by atoms with E-state index >= 15 is 0 Å². The van der Waals surface area contributed by atoms with E-state index in [0.29, 0.717) is 16.9 Å². The number of allylic oxidation sites excluding steroid dienone is 2. The van der Waals surface area contributed by atoms with Crippen molar-refractivity contribution in [2.45, 2.75) is 39.0 Å². The number of hydrogen-bond donors (Lipinski definition) is 1. The molecule has 7 heteroatoms. The first-order valence-electron chi connectivity index (χ1n) is 8.43. The van der Waals surface area contributed by atoms with Crippen molar-refractivity contribution in [3.05, 3.63) is 64.5 Å². The fraction of sp³-hybridized carbons (Fsp3) is 0.300. The molecule has 2 heterocycles. The number of aromatic nitrogens is 1. The molecular weight excluding hydrogens is 355 g/mol. The van der Waals surface area contributed by atoms with Gasteiger partial charge in [0.15, 0.2) is 0 Å². The van der Waals surface area contributed by atoms with E-state index in [1.807, 2.05) is 13.8 Å². The third-order valence-electron chi connectivity index (χ3n) is 4.30. The Bertz CT molecular complexity index is 942. The molecule has 3 rings (SSSR count). The number of fused-ring (bicyclic) bond motifs is 1. The third kappa shape index (κ3) is 3.47. The van der Waals surface area contributed by atoms with E-state index in [4.69, 9.17) is 4.74 Å². The maximum Gasteiger partial charge on any atom is 0.416 e. The van der Waals surface area contributed by atoms with Crippen molar-refractivity contribution in [1.29, 1.82) is 5.26 Å². The van der Waals surface area contributed by atoms with Gasteiger partial charge in [-0.15, -0.1) is 0 Å². The summed E-state index contributed by atoms with van der Waals surface area (Å²) in [5.74, 6) is -0.705. The first kappa shape index (κ1) is 18.8. The van der Waals surface area contributed by atoms with Crippen molar-refractivity contribution in [2.75, 3.05) is 5.32 Å². The number of rotatable bonds is 3. The van der Waals surface area contributed by atoms with E-state index in [2.05, 4.69) is 16.4 Å². The van der Waals surface area contributed by atoms with Gasteiger partial charge >= 0.3 is 6.18 Å². The fourth-order valence-corrected chi connectivity index (χ4v) is 3.26. The number of ether oxygens (including phenoxy) is 1. The van der Waals surface area contributed by atoms with Crippen LogP contribution < -0.4 is 10.1 Å². The Balaban J connectivity index is 2.32. The van der Waals surface area contributed by atoms with Crippen LogP contribution in [0.2, 0.25) is 0 Å². The third-order valence-corrected chi connectivity index (χ3v) is 4.30. The number of pyridine rings is 1. The number of benzene rings is 1. The minimum atomic E-state index is -4.54. The lowest BCUT2D eigenvalue weighted by Crippen LogP contribution is -2.22. The van der Waals surface area contributed by atoms with E-state index in [1.165, 1.54) is 24.4 Å². The summed E-state index contributed by atoms with van der Waals surface area (Å²) >= 11 is 0. The van der Waals surface area contributed by atoms with E-state index < -0.39 is 17.7 Å². The second-order valence-electron chi connectivity index (χ2n) is 6.54. The zero-order chi connectivity index (χ0) is 19.8. The number of hydrogen-bond acceptors (Lipinski definition) is 4. The van der Waals surface area contributed by atoms with Crippen molar-refractivity contribution in [3.63, 3.8) is 0 Å². The van der Waals surface area contributed by atoms with Crippen LogP contribution in [-0.2, 0) is 6.18 Å². The molecule has 27 heavy (non-hydrogen) atoms. The van der Waals surface area contributed by atoms with Crippen LogP contribution in [0.15, 0.2) is 47.8 Å². The number of nitriles is 1. The lowest BCUT2D eigenvalue weighted by molar-refractivity contribution is -0.138. The molecule has 0 saturated carbocycles. The van der Waals surface area contributed by atoms with Crippen LogP contribution in [0.5, 0.6) is 5.88 Å². The average Bonchev–Trinajstić information content (AvgIpc) is 2.59. The highest BCUT2D eigenvalue weighted by atomic mass is 19.4. The highest BCUT2D eigenvalue weighted by Gasteiger charge is 2.40. The molecule has 140 valence electrons. The smallest absolute Gasteiger partial charge is 0.416 e. The molecule has 1 unspecified atom stereocenters. The molecule has 0 fully saturated rings. The number of nitrogens with one attached hydrogen (secondary N) is 1. The van der Waals surface area contributed by atoms with E-state index in [9.17, 15) is 18.4 Å². The monoisotopic (exact) mass is 373 g/mol. The number of anilines is 1. The Morgan fingerprint density at radius 3 is 2.56 bits per heavy atom. The zero-order valence-corrected chi connectivity index (χ0v) is 15.1. The molecule has 1 aliphatic rings. The molecule has 1 N–H and O–H groups in total. The molecule has 0 saturated heterocycles. The highest BCUT2D eigenvalue weighted by Crippen LogP contribution is 2.48. The van der Waals surface area contributed by atoms with Gasteiger partial charge in [-0.3, -0.25) is 0 Å². The van der Waals surface area contributed by atoms with Gasteiger partial charge in [0.1, 0.15) is 0 Å². The average molecular weight is 373 g/mol. The van der Waals surface area contributed by atoms with Crippen molar-refractivity contribution in [1.82, 2.24) is 4.98 Å². The summed E-state index contributed by atoms with van der Waals surface area (Å²) in [6.45, 7) is 5.29. The Morgan fingerprint density at radius 1 is 1.22 bits per heavy atom. The summed E-state index contributed by atoms with van der Waals surface area (Å²) in [7, 11) is 0. The van der Waals surface area contributed by atoms with Gasteiger partial charge in [0.25, 0.3) is 0 Å². The molecule has 1 aliphatic heterocycles. The lowest BCUT2D eigenvalue weighted by atomic mass is 9.79. The summed E-state index contributed by atoms with van der Waals surface area (Å²) < 4.78 is 46.7. The van der Waals surface area contributed by atoms with Gasteiger partial charge in [-0.2, -0.15) is 18.4 Å². The molecular formula is C20H18F3N3O. The topological polar surface area (TPSA) is 57.9 Å². The SMILES string of the molecule is CC1=C(C#N)C(c2ccccc2C(F)(F)F)c2c(ccnc2OC(C)C)N1. The van der Waals surface area contributed by atoms with Gasteiger partial charge in [0.2, 0.25) is 5.88 Å². The largest absolute Gasteiger partial charge is 0.475 e. The molecule has 0 aliphatic carbocycles. The van der Waals surface area contributed by atoms with Gasteiger partial charge < -0.3 is 10.1 Å². The van der Waals surface area contributed by atoms with E-state index in [-0.39, 0.29) is 23.1 Å². The number of alkyl halides is 3. The van der Waals surface area contributed by atoms with Gasteiger partial charge in [-0.1, -0.05) is 18.2 Å². The molecule has 0 radical (unpaired) electrons. The predicted octanol–water partition coefficient (Wildman–Crippen LogP) is 5.24. The van der Waals surface area contributed by atoms with Crippen LogP contribution in [0.25, 0.3) is 0 Å². The number of halogens is 3. The van der Waals surface area contributed by atoms with Crippen LogP contribution in [0.3, 0.4) is 0 Å². The summed E-state index contributed by atoms with van der Waals surface area (Å²) in [5, 5.41) is 12.8. The van der Waals surface area contributed by atoms with Crippen LogP contribution in [-0.4, -0.2) is 11.1 Å². The molecule has 4 nitrogen and oxygen atoms in total. The second kappa shape index (κ2) is 6.95. The summed E-state index contributed by atoms with van der Waals surface area (Å²) in [6, 6.07) is 9.05. The van der Waals surface area contributed by atoms with Crippen LogP contribution in [0.4, 0.5) is 18.9 Å². The van der Waals surface area contributed by atoms with Crippen LogP contribution in [0.1, 0.15) is 43.4 Å². The fourth-order valence-electron chi connectivity index (χ4n) is 3.26. The minimum absolute atomic E-state index is 0.00487. The molecule has 2 aromatic rings. The predicted molar refractivity (Wildman–Crippen MR) is 95.2 cm³/mol. The first-order valence-corrected chi connectivity index (χ1v) is 8.43. The minimum Gasteiger partial charge on any atom is -0.475 e. The Hall–Kier alpha value is -3.01. The van der Waals surface area contributed by atoms with Gasteiger partial charge in [-0.25, -0.2) is 4.98 Å². The Labute approximate surface area is 155 Å². The van der Waals surface area contributed by atoms with Crippen LogP contribution in [0, 0.1) is 11.3 Å². The normalized spacial score (nSPS) is 16.6. The van der Waals surface area contributed by atoms with Crippen LogP contribution >= 0.6 is 0 Å². The summed E-state index contributed by atoms with van der Waals surface area (Å²) in [4.78, 5) is 4.22. The second-order valence-corrected chi connectivity index (χ2v) is 6.54. The lowest BCUT2D eigenvalue weighted by Gasteiger charge is -2.31. The van der Waals surface area contributed by atoms with Crippen molar-refractivity contribution in [2.24, 2.45) is 0 Å². The standard InChI is InChI=1S/C20H18F3N3O/c1-11(2)27-19-18-16(8-9-25-19)26-12(3)14(10-24)17(18)13-6-4-5-7-15(13)20(21,22)23/h4-9,11,17,26H,1-3H3. The van der Waals surface area contributed by atoms with E-state index in [1.54, 1.807) is 13.0 Å². The highest BCUT2D eigenvalue weighted by molar-refractivity contribution is 5.70. The summed E-state index contributed by atoms with van der Waals surface area (Å²) in [5.41, 5.74) is 0.965. The maximum atomic E-state index is 13.7. The van der Waals surface area contributed by atoms with Gasteiger partial charge in [-0.05, 0) is 38.5 Å². The van der Waals surface area contributed by atoms with Crippen molar-refractivity contribution < 1.29 is 17.9 Å². The van der Waals surface area contributed by atoms with Crippen molar-refractivity contribution >= 4 is 5.69 Å². The summed E-state index contributed by atoms with van der Waals surface area (Å²) in [6.07, 6.45) is -3.24. The molecule has 1 aromatic carbocycles. The van der Waals surface area contributed by atoms with Crippen molar-refractivity contribution in [3.8, 4) is 11.9 Å². The molecule has 0 bridgehead atoms. The quantitative estimate of drug-likeness (QED) is 0.799. The van der Waals surface area contributed by atoms with Gasteiger partial charge in [0, 0.05) is 17.6 Å². The Morgan fingerprint density at radius 2 is 1.93 bits per heavy atom.